The molecule has 6 heteroatoms. The van der Waals surface area contributed by atoms with Gasteiger partial charge in [-0.1, -0.05) is 18.7 Å². The Hall–Kier alpha value is -0.430. The number of aromatic nitrogens is 2. The highest BCUT2D eigenvalue weighted by Crippen LogP contribution is 2.40. The lowest BCUT2D eigenvalue weighted by atomic mass is 10.1. The van der Waals surface area contributed by atoms with Crippen molar-refractivity contribution in [2.45, 2.75) is 36.7 Å². The van der Waals surface area contributed by atoms with Gasteiger partial charge in [0.1, 0.15) is 0 Å². The van der Waals surface area contributed by atoms with Crippen molar-refractivity contribution in [2.24, 2.45) is 5.73 Å². The van der Waals surface area contributed by atoms with Crippen molar-refractivity contribution >= 4 is 39.0 Å². The molecule has 2 unspecified atom stereocenters. The molecule has 3 nitrogen and oxygen atoms in total. The zero-order valence-electron chi connectivity index (χ0n) is 10.8. The molecule has 19 heavy (non-hydrogen) atoms. The average Bonchev–Trinajstić information content (AvgIpc) is 2.81. The summed E-state index contributed by atoms with van der Waals surface area (Å²) in [7, 11) is 0. The van der Waals surface area contributed by atoms with Crippen molar-refractivity contribution in [2.75, 3.05) is 0 Å². The number of halogens is 1. The summed E-state index contributed by atoms with van der Waals surface area (Å²) in [5.41, 5.74) is 7.24. The second kappa shape index (κ2) is 6.83. The summed E-state index contributed by atoms with van der Waals surface area (Å²) in [4.78, 5) is 10.0. The van der Waals surface area contributed by atoms with Gasteiger partial charge < -0.3 is 5.73 Å². The van der Waals surface area contributed by atoms with Crippen LogP contribution in [0.3, 0.4) is 0 Å². The van der Waals surface area contributed by atoms with Crippen LogP contribution in [-0.4, -0.2) is 16.0 Å². The van der Waals surface area contributed by atoms with Gasteiger partial charge in [0, 0.05) is 22.8 Å². The van der Waals surface area contributed by atoms with Crippen LogP contribution in [0, 0.1) is 6.92 Å². The monoisotopic (exact) mass is 357 g/mol. The van der Waals surface area contributed by atoms with Crippen molar-refractivity contribution < 1.29 is 0 Å². The maximum absolute atomic E-state index is 6.26. The largest absolute Gasteiger partial charge is 0.326 e. The van der Waals surface area contributed by atoms with E-state index in [4.69, 9.17) is 5.73 Å². The van der Waals surface area contributed by atoms with Gasteiger partial charge in [-0.25, -0.2) is 9.97 Å². The summed E-state index contributed by atoms with van der Waals surface area (Å²) < 4.78 is 1.13. The number of thioether (sulfide) groups is 1. The van der Waals surface area contributed by atoms with Gasteiger partial charge >= 0.3 is 0 Å². The lowest BCUT2D eigenvalue weighted by molar-refractivity contribution is 0.638. The Morgan fingerprint density at radius 3 is 2.79 bits per heavy atom. The third kappa shape index (κ3) is 4.02. The van der Waals surface area contributed by atoms with E-state index in [9.17, 15) is 0 Å². The predicted octanol–water partition coefficient (Wildman–Crippen LogP) is 4.18. The number of hydrogen-bond acceptors (Lipinski definition) is 5. The third-order valence-electron chi connectivity index (χ3n) is 2.74. The molecule has 2 heterocycles. The van der Waals surface area contributed by atoms with Crippen LogP contribution in [-0.2, 0) is 0 Å². The first-order valence-corrected chi connectivity index (χ1v) is 8.56. The molecule has 102 valence electrons. The van der Waals surface area contributed by atoms with Gasteiger partial charge in [-0.2, -0.15) is 0 Å². The second-order valence-corrected chi connectivity index (χ2v) is 7.84. The maximum atomic E-state index is 6.26. The standard InChI is InChI=1S/C13H16BrN3S2/c1-3-9(15)12(10-4-5-11(14)18-10)19-13-16-7-6-8(2)17-13/h4-7,9,12H,3,15H2,1-2H3. The lowest BCUT2D eigenvalue weighted by Crippen LogP contribution is -2.25. The molecule has 0 aliphatic rings. The Morgan fingerprint density at radius 2 is 2.21 bits per heavy atom. The van der Waals surface area contributed by atoms with Crippen LogP contribution in [0.25, 0.3) is 0 Å². The zero-order valence-corrected chi connectivity index (χ0v) is 14.1. The van der Waals surface area contributed by atoms with Crippen LogP contribution in [0.1, 0.15) is 29.2 Å². The number of thiophene rings is 1. The van der Waals surface area contributed by atoms with Gasteiger partial charge in [0.2, 0.25) is 0 Å². The molecule has 0 spiro atoms. The summed E-state index contributed by atoms with van der Waals surface area (Å²) in [5.74, 6) is 0. The summed E-state index contributed by atoms with van der Waals surface area (Å²) in [6, 6.07) is 6.19. The smallest absolute Gasteiger partial charge is 0.188 e. The molecule has 2 atom stereocenters. The minimum Gasteiger partial charge on any atom is -0.326 e. The highest BCUT2D eigenvalue weighted by molar-refractivity contribution is 9.11. The topological polar surface area (TPSA) is 51.8 Å². The van der Waals surface area contributed by atoms with Crippen LogP contribution in [0.4, 0.5) is 0 Å². The highest BCUT2D eigenvalue weighted by atomic mass is 79.9. The first kappa shape index (κ1) is 15.0. The highest BCUT2D eigenvalue weighted by Gasteiger charge is 2.22. The molecule has 0 amide bonds. The van der Waals surface area contributed by atoms with Crippen molar-refractivity contribution in [1.29, 1.82) is 0 Å². The molecular formula is C13H16BrN3S2. The summed E-state index contributed by atoms with van der Waals surface area (Å²) >= 11 is 6.87. The molecule has 0 aliphatic carbocycles. The lowest BCUT2D eigenvalue weighted by Gasteiger charge is -2.20. The van der Waals surface area contributed by atoms with Crippen molar-refractivity contribution in [3.05, 3.63) is 38.8 Å². The van der Waals surface area contributed by atoms with Crippen LogP contribution in [0.2, 0.25) is 0 Å². The Morgan fingerprint density at radius 1 is 1.42 bits per heavy atom. The minimum absolute atomic E-state index is 0.0969. The van der Waals surface area contributed by atoms with Gasteiger partial charge in [-0.15, -0.1) is 11.3 Å². The van der Waals surface area contributed by atoms with E-state index < -0.39 is 0 Å². The molecule has 0 saturated carbocycles. The Bertz CT molecular complexity index is 544. The first-order chi connectivity index (χ1) is 9.10. The Labute approximate surface area is 130 Å². The molecule has 0 radical (unpaired) electrons. The van der Waals surface area contributed by atoms with E-state index >= 15 is 0 Å². The fourth-order valence-corrected chi connectivity index (χ4v) is 4.53. The van der Waals surface area contributed by atoms with Gasteiger partial charge in [-0.3, -0.25) is 0 Å². The van der Waals surface area contributed by atoms with Crippen LogP contribution >= 0.6 is 39.0 Å². The Kier molecular flexibility index (Phi) is 5.38. The SMILES string of the molecule is CCC(N)C(Sc1nccc(C)n1)c1ccc(Br)s1. The van der Waals surface area contributed by atoms with Gasteiger partial charge in [-0.05, 0) is 47.5 Å². The van der Waals surface area contributed by atoms with E-state index in [1.165, 1.54) is 4.88 Å². The van der Waals surface area contributed by atoms with Crippen LogP contribution < -0.4 is 5.73 Å². The van der Waals surface area contributed by atoms with E-state index in [0.29, 0.717) is 0 Å². The molecule has 2 N–H and O–H groups in total. The number of nitrogens with two attached hydrogens (primary N) is 1. The zero-order chi connectivity index (χ0) is 13.8. The predicted molar refractivity (Wildman–Crippen MR) is 85.7 cm³/mol. The van der Waals surface area contributed by atoms with Crippen molar-refractivity contribution in [1.82, 2.24) is 9.97 Å². The van der Waals surface area contributed by atoms with E-state index in [-0.39, 0.29) is 11.3 Å². The van der Waals surface area contributed by atoms with Crippen molar-refractivity contribution in [3.8, 4) is 0 Å². The van der Waals surface area contributed by atoms with E-state index in [0.717, 1.165) is 21.1 Å². The summed E-state index contributed by atoms with van der Waals surface area (Å²) in [5, 5.41) is 0.988. The van der Waals surface area contributed by atoms with Gasteiger partial charge in [0.25, 0.3) is 0 Å². The number of hydrogen-bond donors (Lipinski definition) is 1. The summed E-state index contributed by atoms with van der Waals surface area (Å²) in [6.45, 7) is 4.08. The first-order valence-electron chi connectivity index (χ1n) is 6.07. The second-order valence-electron chi connectivity index (χ2n) is 4.23. The molecule has 2 aromatic heterocycles. The third-order valence-corrected chi connectivity index (χ3v) is 5.86. The number of nitrogens with zero attached hydrogens (tertiary/aromatic N) is 2. The summed E-state index contributed by atoms with van der Waals surface area (Å²) in [6.07, 6.45) is 2.72. The molecule has 2 aromatic rings. The molecule has 0 fully saturated rings. The van der Waals surface area contributed by atoms with Gasteiger partial charge in [0.15, 0.2) is 5.16 Å². The minimum atomic E-state index is 0.0969. The fraction of sp³-hybridized carbons (Fsp3) is 0.385. The fourth-order valence-electron chi connectivity index (χ4n) is 1.65. The quantitative estimate of drug-likeness (QED) is 0.644. The molecular weight excluding hydrogens is 342 g/mol. The van der Waals surface area contributed by atoms with Crippen LogP contribution in [0.15, 0.2) is 33.3 Å². The molecule has 0 saturated heterocycles. The molecule has 0 bridgehead atoms. The maximum Gasteiger partial charge on any atom is 0.188 e. The number of aryl methyl sites for hydroxylation is 1. The van der Waals surface area contributed by atoms with Crippen molar-refractivity contribution in [3.63, 3.8) is 0 Å². The molecule has 2 rings (SSSR count). The average molecular weight is 358 g/mol. The van der Waals surface area contributed by atoms with E-state index in [1.807, 2.05) is 13.0 Å². The molecule has 0 aromatic carbocycles. The molecule has 0 aliphatic heterocycles. The Balaban J connectivity index is 2.24. The van der Waals surface area contributed by atoms with E-state index in [1.54, 1.807) is 29.3 Å². The van der Waals surface area contributed by atoms with Gasteiger partial charge in [0.05, 0.1) is 9.04 Å². The normalized spacial score (nSPS) is 14.3. The number of rotatable bonds is 5. The van der Waals surface area contributed by atoms with E-state index in [2.05, 4.69) is 45.0 Å². The van der Waals surface area contributed by atoms with Crippen LogP contribution in [0.5, 0.6) is 0 Å².